The van der Waals surface area contributed by atoms with Gasteiger partial charge in [0.15, 0.2) is 0 Å². The van der Waals surface area contributed by atoms with Crippen LogP contribution < -0.4 is 5.32 Å². The van der Waals surface area contributed by atoms with Crippen molar-refractivity contribution < 1.29 is 14.7 Å². The van der Waals surface area contributed by atoms with Crippen LogP contribution in [0.4, 0.5) is 5.69 Å². The van der Waals surface area contributed by atoms with E-state index in [4.69, 9.17) is 5.11 Å². The Bertz CT molecular complexity index is 641. The number of amides is 1. The number of carbonyl (C=O) groups is 2. The van der Waals surface area contributed by atoms with Crippen molar-refractivity contribution in [2.45, 2.75) is 6.42 Å². The Balaban J connectivity index is 2.06. The van der Waals surface area contributed by atoms with Crippen molar-refractivity contribution in [3.8, 4) is 0 Å². The second kappa shape index (κ2) is 6.29. The van der Waals surface area contributed by atoms with Gasteiger partial charge in [0.1, 0.15) is 0 Å². The first-order valence-electron chi connectivity index (χ1n) is 5.77. The molecule has 1 heterocycles. The van der Waals surface area contributed by atoms with Crippen LogP contribution in [0.25, 0.3) is 0 Å². The van der Waals surface area contributed by atoms with Gasteiger partial charge in [0.25, 0.3) is 5.91 Å². The average molecular weight is 335 g/mol. The molecule has 0 aliphatic carbocycles. The molecule has 2 rings (SSSR count). The first-order valence-corrected chi connectivity index (χ1v) is 6.56. The van der Waals surface area contributed by atoms with Gasteiger partial charge >= 0.3 is 5.97 Å². The molecule has 102 valence electrons. The van der Waals surface area contributed by atoms with Gasteiger partial charge < -0.3 is 10.4 Å². The Hall–Kier alpha value is -2.21. The number of nitrogens with zero attached hydrogens (tertiary/aromatic N) is 1. The first kappa shape index (κ1) is 14.2. The molecule has 2 N–H and O–H groups in total. The van der Waals surface area contributed by atoms with Gasteiger partial charge in [-0.05, 0) is 39.7 Å². The van der Waals surface area contributed by atoms with Gasteiger partial charge in [0, 0.05) is 22.6 Å². The maximum atomic E-state index is 12.0. The van der Waals surface area contributed by atoms with E-state index in [2.05, 4.69) is 26.2 Å². The number of anilines is 1. The van der Waals surface area contributed by atoms with Gasteiger partial charge in [0.05, 0.1) is 12.0 Å². The SMILES string of the molecule is O=C(O)Cc1ccc(NC(=O)c2cncc(Br)c2)cc1. The molecule has 1 amide bonds. The van der Waals surface area contributed by atoms with Gasteiger partial charge in [-0.25, -0.2) is 0 Å². The highest BCUT2D eigenvalue weighted by atomic mass is 79.9. The number of rotatable bonds is 4. The lowest BCUT2D eigenvalue weighted by molar-refractivity contribution is -0.136. The van der Waals surface area contributed by atoms with E-state index >= 15 is 0 Å². The fraction of sp³-hybridized carbons (Fsp3) is 0.0714. The van der Waals surface area contributed by atoms with Crippen molar-refractivity contribution in [2.24, 2.45) is 0 Å². The third kappa shape index (κ3) is 3.89. The van der Waals surface area contributed by atoms with Crippen LogP contribution in [0.3, 0.4) is 0 Å². The summed E-state index contributed by atoms with van der Waals surface area (Å²) in [6, 6.07) is 8.34. The quantitative estimate of drug-likeness (QED) is 0.900. The summed E-state index contributed by atoms with van der Waals surface area (Å²) < 4.78 is 0.724. The molecule has 0 unspecified atom stereocenters. The molecule has 5 nitrogen and oxygen atoms in total. The molecule has 0 spiro atoms. The van der Waals surface area contributed by atoms with Crippen molar-refractivity contribution in [1.29, 1.82) is 0 Å². The van der Waals surface area contributed by atoms with Crippen molar-refractivity contribution in [3.63, 3.8) is 0 Å². The Morgan fingerprint density at radius 1 is 1.20 bits per heavy atom. The number of aliphatic carboxylic acids is 1. The Morgan fingerprint density at radius 2 is 1.90 bits per heavy atom. The molecular formula is C14H11BrN2O3. The average Bonchev–Trinajstić information content (AvgIpc) is 2.40. The lowest BCUT2D eigenvalue weighted by atomic mass is 10.1. The fourth-order valence-electron chi connectivity index (χ4n) is 1.62. The molecule has 0 atom stereocenters. The minimum atomic E-state index is -0.887. The smallest absolute Gasteiger partial charge is 0.307 e. The molecular weight excluding hydrogens is 324 g/mol. The maximum Gasteiger partial charge on any atom is 0.307 e. The number of benzene rings is 1. The van der Waals surface area contributed by atoms with E-state index in [1.54, 1.807) is 36.5 Å². The molecule has 6 heteroatoms. The summed E-state index contributed by atoms with van der Waals surface area (Å²) in [7, 11) is 0. The molecule has 0 bridgehead atoms. The van der Waals surface area contributed by atoms with Gasteiger partial charge in [-0.3, -0.25) is 14.6 Å². The van der Waals surface area contributed by atoms with Crippen LogP contribution in [0, 0.1) is 0 Å². The van der Waals surface area contributed by atoms with E-state index in [0.29, 0.717) is 16.8 Å². The minimum absolute atomic E-state index is 0.0379. The molecule has 20 heavy (non-hydrogen) atoms. The summed E-state index contributed by atoms with van der Waals surface area (Å²) in [6.45, 7) is 0. The normalized spacial score (nSPS) is 10.1. The largest absolute Gasteiger partial charge is 0.481 e. The predicted molar refractivity (Wildman–Crippen MR) is 77.7 cm³/mol. The van der Waals surface area contributed by atoms with E-state index in [-0.39, 0.29) is 12.3 Å². The zero-order chi connectivity index (χ0) is 14.5. The van der Waals surface area contributed by atoms with Gasteiger partial charge in [-0.2, -0.15) is 0 Å². The number of nitrogens with one attached hydrogen (secondary N) is 1. The first-order chi connectivity index (χ1) is 9.54. The zero-order valence-electron chi connectivity index (χ0n) is 10.3. The molecule has 0 aliphatic heterocycles. The number of aromatic nitrogens is 1. The van der Waals surface area contributed by atoms with Crippen molar-refractivity contribution in [1.82, 2.24) is 4.98 Å². The van der Waals surface area contributed by atoms with E-state index in [9.17, 15) is 9.59 Å². The van der Waals surface area contributed by atoms with Crippen LogP contribution in [0.5, 0.6) is 0 Å². The lowest BCUT2D eigenvalue weighted by Gasteiger charge is -2.06. The van der Waals surface area contributed by atoms with Crippen LogP contribution >= 0.6 is 15.9 Å². The summed E-state index contributed by atoms with van der Waals surface area (Å²) in [5, 5.41) is 11.4. The number of carboxylic acids is 1. The lowest BCUT2D eigenvalue weighted by Crippen LogP contribution is -2.12. The third-order valence-electron chi connectivity index (χ3n) is 2.53. The summed E-state index contributed by atoms with van der Waals surface area (Å²) in [5.74, 6) is -1.16. The fourth-order valence-corrected chi connectivity index (χ4v) is 1.98. The number of hydrogen-bond donors (Lipinski definition) is 2. The monoisotopic (exact) mass is 334 g/mol. The predicted octanol–water partition coefficient (Wildman–Crippen LogP) is 2.72. The molecule has 1 aromatic heterocycles. The molecule has 0 aliphatic rings. The Morgan fingerprint density at radius 3 is 2.50 bits per heavy atom. The molecule has 0 fully saturated rings. The molecule has 0 saturated carbocycles. The maximum absolute atomic E-state index is 12.0. The number of pyridine rings is 1. The van der Waals surface area contributed by atoms with Gasteiger partial charge in [0.2, 0.25) is 0 Å². The second-order valence-electron chi connectivity index (χ2n) is 4.11. The Kier molecular flexibility index (Phi) is 4.47. The number of carbonyl (C=O) groups excluding carboxylic acids is 1. The van der Waals surface area contributed by atoms with Crippen LogP contribution in [-0.2, 0) is 11.2 Å². The van der Waals surface area contributed by atoms with Crippen LogP contribution in [0.1, 0.15) is 15.9 Å². The van der Waals surface area contributed by atoms with E-state index in [0.717, 1.165) is 4.47 Å². The van der Waals surface area contributed by atoms with Crippen LogP contribution in [-0.4, -0.2) is 22.0 Å². The minimum Gasteiger partial charge on any atom is -0.481 e. The van der Waals surface area contributed by atoms with Gasteiger partial charge in [-0.1, -0.05) is 12.1 Å². The van der Waals surface area contributed by atoms with Crippen molar-refractivity contribution in [2.75, 3.05) is 5.32 Å². The van der Waals surface area contributed by atoms with Crippen molar-refractivity contribution in [3.05, 3.63) is 58.3 Å². The zero-order valence-corrected chi connectivity index (χ0v) is 11.9. The molecule has 1 aromatic carbocycles. The highest BCUT2D eigenvalue weighted by molar-refractivity contribution is 9.10. The van der Waals surface area contributed by atoms with Crippen molar-refractivity contribution >= 4 is 33.5 Å². The highest BCUT2D eigenvalue weighted by Crippen LogP contribution is 2.14. The molecule has 0 radical (unpaired) electrons. The molecule has 2 aromatic rings. The van der Waals surface area contributed by atoms with E-state index in [1.165, 1.54) is 6.20 Å². The second-order valence-corrected chi connectivity index (χ2v) is 5.03. The standard InChI is InChI=1S/C14H11BrN2O3/c15-11-6-10(7-16-8-11)14(20)17-12-3-1-9(2-4-12)5-13(18)19/h1-4,6-8H,5H2,(H,17,20)(H,18,19). The molecule has 0 saturated heterocycles. The summed E-state index contributed by atoms with van der Waals surface area (Å²) in [5.41, 5.74) is 1.72. The van der Waals surface area contributed by atoms with Gasteiger partial charge in [-0.15, -0.1) is 0 Å². The highest BCUT2D eigenvalue weighted by Gasteiger charge is 2.07. The van der Waals surface area contributed by atoms with E-state index in [1.807, 2.05) is 0 Å². The van der Waals surface area contributed by atoms with E-state index < -0.39 is 5.97 Å². The third-order valence-corrected chi connectivity index (χ3v) is 2.97. The number of halogens is 1. The Labute approximate surface area is 123 Å². The number of hydrogen-bond acceptors (Lipinski definition) is 3. The number of carboxylic acid groups (broad SMARTS) is 1. The van der Waals surface area contributed by atoms with Crippen LogP contribution in [0.2, 0.25) is 0 Å². The summed E-state index contributed by atoms with van der Waals surface area (Å²) in [4.78, 5) is 26.5. The van der Waals surface area contributed by atoms with Crippen LogP contribution in [0.15, 0.2) is 47.2 Å². The topological polar surface area (TPSA) is 79.3 Å². The summed E-state index contributed by atoms with van der Waals surface area (Å²) >= 11 is 3.25. The summed E-state index contributed by atoms with van der Waals surface area (Å²) in [6.07, 6.45) is 3.03.